The molecule has 112 valence electrons. The van der Waals surface area contributed by atoms with Crippen LogP contribution in [0.2, 0.25) is 0 Å². The van der Waals surface area contributed by atoms with Crippen LogP contribution in [0.25, 0.3) is 0 Å². The number of carbonyl (C=O) groups excluding carboxylic acids is 1. The standard InChI is InChI=1S/C17H22N2OS/c1-3-19(4-2)15-9-7-14(8-10-15)17(20)18-12-11-16-6-5-13-21-16/h5-10,13H,3-4,11-12H2,1-2H3,(H,18,20). The van der Waals surface area contributed by atoms with Crippen LogP contribution in [0.4, 0.5) is 5.69 Å². The van der Waals surface area contributed by atoms with E-state index in [0.29, 0.717) is 6.54 Å². The Morgan fingerprint density at radius 2 is 1.86 bits per heavy atom. The Labute approximate surface area is 130 Å². The molecular weight excluding hydrogens is 280 g/mol. The number of nitrogens with zero attached hydrogens (tertiary/aromatic N) is 1. The Morgan fingerprint density at radius 3 is 2.43 bits per heavy atom. The molecule has 0 unspecified atom stereocenters. The van der Waals surface area contributed by atoms with Gasteiger partial charge in [0.25, 0.3) is 5.91 Å². The van der Waals surface area contributed by atoms with E-state index in [9.17, 15) is 4.79 Å². The van der Waals surface area contributed by atoms with Gasteiger partial charge in [0.1, 0.15) is 0 Å². The first-order valence-corrected chi connectivity index (χ1v) is 8.28. The second-order valence-corrected chi connectivity index (χ2v) is 5.84. The molecule has 0 bridgehead atoms. The van der Waals surface area contributed by atoms with Crippen molar-refractivity contribution in [3.8, 4) is 0 Å². The zero-order valence-corrected chi connectivity index (χ0v) is 13.5. The number of amides is 1. The molecule has 2 aromatic rings. The van der Waals surface area contributed by atoms with Crippen LogP contribution in [-0.4, -0.2) is 25.5 Å². The highest BCUT2D eigenvalue weighted by atomic mass is 32.1. The first-order valence-electron chi connectivity index (χ1n) is 7.40. The Kier molecular flexibility index (Phi) is 5.81. The third-order valence-corrected chi connectivity index (χ3v) is 4.43. The van der Waals surface area contributed by atoms with E-state index < -0.39 is 0 Å². The molecule has 0 fully saturated rings. The second kappa shape index (κ2) is 7.84. The molecule has 2 rings (SSSR count). The zero-order chi connectivity index (χ0) is 15.1. The van der Waals surface area contributed by atoms with Crippen molar-refractivity contribution in [2.24, 2.45) is 0 Å². The van der Waals surface area contributed by atoms with E-state index in [0.717, 1.165) is 30.8 Å². The number of benzene rings is 1. The highest BCUT2D eigenvalue weighted by Crippen LogP contribution is 2.15. The first-order chi connectivity index (χ1) is 10.2. The summed E-state index contributed by atoms with van der Waals surface area (Å²) in [6.07, 6.45) is 0.890. The van der Waals surface area contributed by atoms with Gasteiger partial charge < -0.3 is 10.2 Å². The quantitative estimate of drug-likeness (QED) is 0.848. The molecule has 0 aliphatic carbocycles. The lowest BCUT2D eigenvalue weighted by Crippen LogP contribution is -2.26. The van der Waals surface area contributed by atoms with Crippen LogP contribution in [-0.2, 0) is 6.42 Å². The Balaban J connectivity index is 1.87. The maximum absolute atomic E-state index is 12.1. The molecule has 0 saturated carbocycles. The van der Waals surface area contributed by atoms with E-state index in [1.807, 2.05) is 30.3 Å². The van der Waals surface area contributed by atoms with Gasteiger partial charge in [0.15, 0.2) is 0 Å². The fourth-order valence-electron chi connectivity index (χ4n) is 2.27. The third-order valence-electron chi connectivity index (χ3n) is 3.50. The maximum atomic E-state index is 12.1. The summed E-state index contributed by atoms with van der Waals surface area (Å²) in [5, 5.41) is 5.03. The van der Waals surface area contributed by atoms with Crippen LogP contribution in [0.3, 0.4) is 0 Å². The van der Waals surface area contributed by atoms with Crippen molar-refractivity contribution in [2.75, 3.05) is 24.5 Å². The van der Waals surface area contributed by atoms with Crippen LogP contribution in [0, 0.1) is 0 Å². The number of anilines is 1. The van der Waals surface area contributed by atoms with Crippen molar-refractivity contribution in [2.45, 2.75) is 20.3 Å². The average molecular weight is 302 g/mol. The van der Waals surface area contributed by atoms with Gasteiger partial charge in [-0.25, -0.2) is 0 Å². The summed E-state index contributed by atoms with van der Waals surface area (Å²) in [5.74, 6) is -0.00217. The monoisotopic (exact) mass is 302 g/mol. The minimum atomic E-state index is -0.00217. The molecule has 0 aliphatic heterocycles. The van der Waals surface area contributed by atoms with Gasteiger partial charge in [-0.1, -0.05) is 6.07 Å². The Hall–Kier alpha value is -1.81. The predicted molar refractivity (Wildman–Crippen MR) is 90.4 cm³/mol. The van der Waals surface area contributed by atoms with Crippen LogP contribution < -0.4 is 10.2 Å². The van der Waals surface area contributed by atoms with E-state index in [1.165, 1.54) is 4.88 Å². The highest BCUT2D eigenvalue weighted by Gasteiger charge is 2.07. The molecule has 21 heavy (non-hydrogen) atoms. The molecule has 1 amide bonds. The van der Waals surface area contributed by atoms with Crippen molar-refractivity contribution in [3.63, 3.8) is 0 Å². The number of nitrogens with one attached hydrogen (secondary N) is 1. The molecule has 1 N–H and O–H groups in total. The van der Waals surface area contributed by atoms with Crippen molar-refractivity contribution in [1.82, 2.24) is 5.32 Å². The number of thiophene rings is 1. The van der Waals surface area contributed by atoms with Crippen LogP contribution in [0.15, 0.2) is 41.8 Å². The number of hydrogen-bond acceptors (Lipinski definition) is 3. The number of carbonyl (C=O) groups is 1. The van der Waals surface area contributed by atoms with E-state index >= 15 is 0 Å². The van der Waals surface area contributed by atoms with E-state index in [-0.39, 0.29) is 5.91 Å². The smallest absolute Gasteiger partial charge is 0.251 e. The Bertz CT molecular complexity index is 545. The van der Waals surface area contributed by atoms with Gasteiger partial charge in [-0.3, -0.25) is 4.79 Å². The molecular formula is C17H22N2OS. The maximum Gasteiger partial charge on any atom is 0.251 e. The molecule has 3 nitrogen and oxygen atoms in total. The van der Waals surface area contributed by atoms with Gasteiger partial charge in [0.05, 0.1) is 0 Å². The third kappa shape index (κ3) is 4.33. The predicted octanol–water partition coefficient (Wildman–Crippen LogP) is 3.57. The van der Waals surface area contributed by atoms with Gasteiger partial charge >= 0.3 is 0 Å². The van der Waals surface area contributed by atoms with Gasteiger partial charge in [0, 0.05) is 35.8 Å². The Morgan fingerprint density at radius 1 is 1.14 bits per heavy atom. The fraction of sp³-hybridized carbons (Fsp3) is 0.353. The molecule has 0 aliphatic rings. The summed E-state index contributed by atoms with van der Waals surface area (Å²) in [4.78, 5) is 15.6. The molecule has 1 aromatic heterocycles. The van der Waals surface area contributed by atoms with Gasteiger partial charge in [-0.05, 0) is 56.0 Å². The van der Waals surface area contributed by atoms with Gasteiger partial charge in [0.2, 0.25) is 0 Å². The zero-order valence-electron chi connectivity index (χ0n) is 12.6. The molecule has 0 radical (unpaired) electrons. The van der Waals surface area contributed by atoms with E-state index in [2.05, 4.69) is 35.5 Å². The van der Waals surface area contributed by atoms with Gasteiger partial charge in [-0.2, -0.15) is 0 Å². The van der Waals surface area contributed by atoms with Crippen molar-refractivity contribution in [1.29, 1.82) is 0 Å². The summed E-state index contributed by atoms with van der Waals surface area (Å²) in [6.45, 7) is 6.90. The molecule has 1 aromatic carbocycles. The molecule has 0 spiro atoms. The van der Waals surface area contributed by atoms with Crippen LogP contribution >= 0.6 is 11.3 Å². The first kappa shape index (κ1) is 15.6. The van der Waals surface area contributed by atoms with Crippen molar-refractivity contribution >= 4 is 22.9 Å². The fourth-order valence-corrected chi connectivity index (χ4v) is 2.98. The molecule has 4 heteroatoms. The molecule has 1 heterocycles. The van der Waals surface area contributed by atoms with Gasteiger partial charge in [-0.15, -0.1) is 11.3 Å². The number of rotatable bonds is 7. The lowest BCUT2D eigenvalue weighted by molar-refractivity contribution is 0.0954. The SMILES string of the molecule is CCN(CC)c1ccc(C(=O)NCCc2cccs2)cc1. The summed E-state index contributed by atoms with van der Waals surface area (Å²) in [6, 6.07) is 12.0. The second-order valence-electron chi connectivity index (χ2n) is 4.80. The minimum Gasteiger partial charge on any atom is -0.372 e. The number of hydrogen-bond donors (Lipinski definition) is 1. The normalized spacial score (nSPS) is 10.4. The summed E-state index contributed by atoms with van der Waals surface area (Å²) >= 11 is 1.72. The molecule has 0 atom stereocenters. The lowest BCUT2D eigenvalue weighted by Gasteiger charge is -2.21. The average Bonchev–Trinajstić information content (AvgIpc) is 3.02. The summed E-state index contributed by atoms with van der Waals surface area (Å²) in [7, 11) is 0. The summed E-state index contributed by atoms with van der Waals surface area (Å²) in [5.41, 5.74) is 1.88. The minimum absolute atomic E-state index is 0.00217. The summed E-state index contributed by atoms with van der Waals surface area (Å²) < 4.78 is 0. The molecule has 0 saturated heterocycles. The lowest BCUT2D eigenvalue weighted by atomic mass is 10.1. The van der Waals surface area contributed by atoms with E-state index in [4.69, 9.17) is 0 Å². The topological polar surface area (TPSA) is 32.3 Å². The largest absolute Gasteiger partial charge is 0.372 e. The highest BCUT2D eigenvalue weighted by molar-refractivity contribution is 7.09. The van der Waals surface area contributed by atoms with Crippen LogP contribution in [0.1, 0.15) is 29.1 Å². The van der Waals surface area contributed by atoms with Crippen molar-refractivity contribution < 1.29 is 4.79 Å². The van der Waals surface area contributed by atoms with Crippen molar-refractivity contribution in [3.05, 3.63) is 52.2 Å². The van der Waals surface area contributed by atoms with Crippen LogP contribution in [0.5, 0.6) is 0 Å². The van der Waals surface area contributed by atoms with E-state index in [1.54, 1.807) is 11.3 Å².